The van der Waals surface area contributed by atoms with E-state index >= 15 is 0 Å². The van der Waals surface area contributed by atoms with Gasteiger partial charge in [0.25, 0.3) is 0 Å². The molecular formula is C17H16FNO3. The molecule has 114 valence electrons. The van der Waals surface area contributed by atoms with Crippen LogP contribution in [0.4, 0.5) is 4.39 Å². The van der Waals surface area contributed by atoms with Crippen LogP contribution in [0.15, 0.2) is 47.1 Å². The van der Waals surface area contributed by atoms with Crippen molar-refractivity contribution in [1.82, 2.24) is 4.90 Å². The maximum atomic E-state index is 13.1. The number of hydrogen-bond donors (Lipinski definition) is 0. The molecule has 0 saturated carbocycles. The molecule has 1 atom stereocenters. The van der Waals surface area contributed by atoms with Gasteiger partial charge < -0.3 is 4.42 Å². The number of carbonyl (C=O) groups excluding carboxylic acids is 2. The van der Waals surface area contributed by atoms with Crippen molar-refractivity contribution in [3.63, 3.8) is 0 Å². The Morgan fingerprint density at radius 1 is 1.09 bits per heavy atom. The van der Waals surface area contributed by atoms with Crippen LogP contribution in [-0.4, -0.2) is 23.3 Å². The molecule has 0 N–H and O–H groups in total. The van der Waals surface area contributed by atoms with Gasteiger partial charge in [-0.3, -0.25) is 14.5 Å². The summed E-state index contributed by atoms with van der Waals surface area (Å²) < 4.78 is 18.6. The average Bonchev–Trinajstić information content (AvgIpc) is 3.14. The zero-order valence-electron chi connectivity index (χ0n) is 12.0. The van der Waals surface area contributed by atoms with Crippen LogP contribution in [0, 0.1) is 5.82 Å². The van der Waals surface area contributed by atoms with Gasteiger partial charge in [-0.2, -0.15) is 0 Å². The van der Waals surface area contributed by atoms with E-state index in [2.05, 4.69) is 0 Å². The Morgan fingerprint density at radius 2 is 1.77 bits per heavy atom. The number of likely N-dealkylation sites (tertiary alicyclic amines) is 1. The lowest BCUT2D eigenvalue weighted by molar-refractivity contribution is -0.138. The van der Waals surface area contributed by atoms with Gasteiger partial charge in [-0.25, -0.2) is 4.39 Å². The molecule has 22 heavy (non-hydrogen) atoms. The van der Waals surface area contributed by atoms with E-state index in [1.807, 2.05) is 6.07 Å². The van der Waals surface area contributed by atoms with Crippen LogP contribution in [0.1, 0.15) is 36.5 Å². The van der Waals surface area contributed by atoms with Gasteiger partial charge in [-0.15, -0.1) is 0 Å². The summed E-state index contributed by atoms with van der Waals surface area (Å²) in [6.07, 6.45) is 2.72. The Kier molecular flexibility index (Phi) is 4.04. The van der Waals surface area contributed by atoms with Gasteiger partial charge in [0.05, 0.1) is 6.26 Å². The molecule has 1 saturated heterocycles. The van der Waals surface area contributed by atoms with Crippen LogP contribution in [0.25, 0.3) is 0 Å². The zero-order chi connectivity index (χ0) is 15.5. The highest BCUT2D eigenvalue weighted by Gasteiger charge is 2.29. The van der Waals surface area contributed by atoms with Crippen LogP contribution >= 0.6 is 0 Å². The van der Waals surface area contributed by atoms with E-state index in [9.17, 15) is 14.0 Å². The normalized spacial score (nSPS) is 16.3. The van der Waals surface area contributed by atoms with Crippen LogP contribution in [0.3, 0.4) is 0 Å². The van der Waals surface area contributed by atoms with Crippen molar-refractivity contribution >= 4 is 11.8 Å². The summed E-state index contributed by atoms with van der Waals surface area (Å²) in [5.41, 5.74) is 0.899. The first-order valence-corrected chi connectivity index (χ1v) is 7.27. The highest BCUT2D eigenvalue weighted by molar-refractivity contribution is 6.01. The maximum Gasteiger partial charge on any atom is 0.229 e. The minimum absolute atomic E-state index is 0.114. The van der Waals surface area contributed by atoms with Gasteiger partial charge in [0.2, 0.25) is 11.8 Å². The van der Waals surface area contributed by atoms with Crippen LogP contribution in [-0.2, 0) is 9.59 Å². The Hall–Kier alpha value is -2.43. The standard InChI is InChI=1S/C17H16FNO3/c18-13-5-3-12(4-6-13)14(15-2-1-11-22-15)9-10-19-16(20)7-8-17(19)21/h1-6,11,14H,7-10H2/t14-/m1/s1. The summed E-state index contributed by atoms with van der Waals surface area (Å²) in [7, 11) is 0. The molecule has 1 aromatic heterocycles. The molecule has 2 heterocycles. The Morgan fingerprint density at radius 3 is 2.36 bits per heavy atom. The van der Waals surface area contributed by atoms with E-state index in [1.54, 1.807) is 24.5 Å². The van der Waals surface area contributed by atoms with E-state index in [0.29, 0.717) is 25.8 Å². The number of rotatable bonds is 5. The molecule has 1 fully saturated rings. The molecule has 1 aliphatic heterocycles. The molecular weight excluding hydrogens is 285 g/mol. The van der Waals surface area contributed by atoms with Gasteiger partial charge in [0.1, 0.15) is 11.6 Å². The Labute approximate surface area is 127 Å². The lowest BCUT2D eigenvalue weighted by Gasteiger charge is -2.19. The second kappa shape index (κ2) is 6.13. The first kappa shape index (κ1) is 14.5. The lowest BCUT2D eigenvalue weighted by Crippen LogP contribution is -2.31. The van der Waals surface area contributed by atoms with Crippen molar-refractivity contribution in [2.75, 3.05) is 6.54 Å². The molecule has 5 heteroatoms. The van der Waals surface area contributed by atoms with Gasteiger partial charge in [-0.1, -0.05) is 12.1 Å². The third-order valence-corrected chi connectivity index (χ3v) is 3.96. The van der Waals surface area contributed by atoms with Gasteiger partial charge >= 0.3 is 0 Å². The number of furan rings is 1. The molecule has 0 unspecified atom stereocenters. The summed E-state index contributed by atoms with van der Waals surface area (Å²) in [5, 5.41) is 0. The molecule has 0 aliphatic carbocycles. The van der Waals surface area contributed by atoms with Gasteiger partial charge in [0.15, 0.2) is 0 Å². The second-order valence-corrected chi connectivity index (χ2v) is 5.35. The monoisotopic (exact) mass is 301 g/mol. The van der Waals surface area contributed by atoms with E-state index in [4.69, 9.17) is 4.42 Å². The highest BCUT2D eigenvalue weighted by atomic mass is 19.1. The predicted octanol–water partition coefficient (Wildman–Crippen LogP) is 3.09. The summed E-state index contributed by atoms with van der Waals surface area (Å²) in [6, 6.07) is 9.85. The quantitative estimate of drug-likeness (QED) is 0.797. The number of carbonyl (C=O) groups is 2. The SMILES string of the molecule is O=C1CCC(=O)N1CC[C@H](c1ccc(F)cc1)c1ccco1. The number of benzene rings is 1. The molecule has 1 aromatic carbocycles. The first-order valence-electron chi connectivity index (χ1n) is 7.27. The number of hydrogen-bond acceptors (Lipinski definition) is 3. The summed E-state index contributed by atoms with van der Waals surface area (Å²) in [5.74, 6) is 0.0824. The van der Waals surface area contributed by atoms with Crippen molar-refractivity contribution in [1.29, 1.82) is 0 Å². The fraction of sp³-hybridized carbons (Fsp3) is 0.294. The summed E-state index contributed by atoms with van der Waals surface area (Å²) >= 11 is 0. The Bertz CT molecular complexity index is 648. The van der Waals surface area contributed by atoms with Gasteiger partial charge in [0, 0.05) is 25.3 Å². The first-order chi connectivity index (χ1) is 10.6. The van der Waals surface area contributed by atoms with Crippen LogP contribution in [0.5, 0.6) is 0 Å². The van der Waals surface area contributed by atoms with Crippen molar-refractivity contribution < 1.29 is 18.4 Å². The van der Waals surface area contributed by atoms with Crippen molar-refractivity contribution in [3.8, 4) is 0 Å². The van der Waals surface area contributed by atoms with Crippen LogP contribution in [0.2, 0.25) is 0 Å². The number of nitrogens with zero attached hydrogens (tertiary/aromatic N) is 1. The molecule has 2 aromatic rings. The van der Waals surface area contributed by atoms with Crippen molar-refractivity contribution in [3.05, 3.63) is 59.8 Å². The predicted molar refractivity (Wildman–Crippen MR) is 77.5 cm³/mol. The largest absolute Gasteiger partial charge is 0.469 e. The van der Waals surface area contributed by atoms with E-state index < -0.39 is 0 Å². The number of amides is 2. The second-order valence-electron chi connectivity index (χ2n) is 5.35. The van der Waals surface area contributed by atoms with Gasteiger partial charge in [-0.05, 0) is 36.2 Å². The fourth-order valence-corrected chi connectivity index (χ4v) is 2.79. The maximum absolute atomic E-state index is 13.1. The molecule has 0 radical (unpaired) electrons. The zero-order valence-corrected chi connectivity index (χ0v) is 12.0. The highest BCUT2D eigenvalue weighted by Crippen LogP contribution is 2.29. The minimum Gasteiger partial charge on any atom is -0.469 e. The smallest absolute Gasteiger partial charge is 0.229 e. The Balaban J connectivity index is 1.79. The third kappa shape index (κ3) is 2.93. The molecule has 1 aliphatic rings. The van der Waals surface area contributed by atoms with Crippen molar-refractivity contribution in [2.24, 2.45) is 0 Å². The van der Waals surface area contributed by atoms with E-state index in [-0.39, 0.29) is 23.5 Å². The summed E-state index contributed by atoms with van der Waals surface area (Å²) in [4.78, 5) is 24.7. The third-order valence-electron chi connectivity index (χ3n) is 3.96. The molecule has 0 spiro atoms. The molecule has 4 nitrogen and oxygen atoms in total. The topological polar surface area (TPSA) is 50.5 Å². The number of imide groups is 1. The van der Waals surface area contributed by atoms with E-state index in [1.165, 1.54) is 17.0 Å². The molecule has 0 bridgehead atoms. The van der Waals surface area contributed by atoms with Crippen molar-refractivity contribution in [2.45, 2.75) is 25.2 Å². The van der Waals surface area contributed by atoms with E-state index in [0.717, 1.165) is 11.3 Å². The van der Waals surface area contributed by atoms with Crippen LogP contribution < -0.4 is 0 Å². The fourth-order valence-electron chi connectivity index (χ4n) is 2.79. The number of halogens is 1. The summed E-state index contributed by atoms with van der Waals surface area (Å²) in [6.45, 7) is 0.348. The lowest BCUT2D eigenvalue weighted by atomic mass is 9.93. The molecule has 3 rings (SSSR count). The molecule has 2 amide bonds. The minimum atomic E-state index is -0.299. The average molecular weight is 301 g/mol.